The van der Waals surface area contributed by atoms with E-state index < -0.39 is 0 Å². The molecule has 0 unspecified atom stereocenters. The number of nitrogens with zero attached hydrogens (tertiary/aromatic N) is 3. The van der Waals surface area contributed by atoms with Gasteiger partial charge < -0.3 is 14.2 Å². The summed E-state index contributed by atoms with van der Waals surface area (Å²) in [5, 5.41) is 4.12. The molecule has 0 N–H and O–H groups in total. The zero-order chi connectivity index (χ0) is 18.8. The second-order valence-electron chi connectivity index (χ2n) is 6.66. The minimum Gasteiger partial charge on any atom is -0.497 e. The maximum Gasteiger partial charge on any atom is 0.263 e. The van der Waals surface area contributed by atoms with Gasteiger partial charge in [0.25, 0.3) is 5.91 Å². The predicted octanol–water partition coefficient (Wildman–Crippen LogP) is 4.13. The molecule has 140 valence electrons. The maximum absolute atomic E-state index is 12.6. The van der Waals surface area contributed by atoms with Gasteiger partial charge in [-0.25, -0.2) is 0 Å². The average molecular weight is 383 g/mol. The molecular formula is C20H21N3O3S. The third kappa shape index (κ3) is 3.73. The molecule has 3 aromatic rings. The van der Waals surface area contributed by atoms with Crippen molar-refractivity contribution < 1.29 is 14.1 Å². The molecule has 7 heteroatoms. The SMILES string of the molecule is COc1ccc(-c2noc(C3CCN(C(=O)c4ccc(C)s4)CC3)n2)cc1. The number of aryl methyl sites for hydroxylation is 1. The van der Waals surface area contributed by atoms with Gasteiger partial charge in [0.05, 0.1) is 12.0 Å². The van der Waals surface area contributed by atoms with Crippen molar-refractivity contribution >= 4 is 17.2 Å². The van der Waals surface area contributed by atoms with Gasteiger partial charge in [-0.1, -0.05) is 5.16 Å². The molecule has 1 aliphatic heterocycles. The highest BCUT2D eigenvalue weighted by molar-refractivity contribution is 7.13. The number of methoxy groups -OCH3 is 1. The smallest absolute Gasteiger partial charge is 0.263 e. The lowest BCUT2D eigenvalue weighted by Gasteiger charge is -2.30. The molecule has 1 fully saturated rings. The number of likely N-dealkylation sites (tertiary alicyclic amines) is 1. The Bertz CT molecular complexity index is 924. The van der Waals surface area contributed by atoms with Gasteiger partial charge >= 0.3 is 0 Å². The summed E-state index contributed by atoms with van der Waals surface area (Å²) < 4.78 is 10.7. The summed E-state index contributed by atoms with van der Waals surface area (Å²) in [7, 11) is 1.64. The summed E-state index contributed by atoms with van der Waals surface area (Å²) in [6.07, 6.45) is 1.67. The van der Waals surface area contributed by atoms with Crippen LogP contribution in [0.3, 0.4) is 0 Å². The molecule has 6 nitrogen and oxygen atoms in total. The quantitative estimate of drug-likeness (QED) is 0.677. The molecule has 0 bridgehead atoms. The van der Waals surface area contributed by atoms with Crippen molar-refractivity contribution in [3.63, 3.8) is 0 Å². The average Bonchev–Trinajstić information content (AvgIpc) is 3.37. The largest absolute Gasteiger partial charge is 0.497 e. The van der Waals surface area contributed by atoms with E-state index in [1.807, 2.05) is 48.2 Å². The molecule has 1 aromatic carbocycles. The molecular weight excluding hydrogens is 362 g/mol. The second kappa shape index (κ2) is 7.52. The lowest BCUT2D eigenvalue weighted by atomic mass is 9.96. The number of hydrogen-bond donors (Lipinski definition) is 0. The first-order valence-electron chi connectivity index (χ1n) is 8.98. The molecule has 4 rings (SSSR count). The number of amides is 1. The summed E-state index contributed by atoms with van der Waals surface area (Å²) in [4.78, 5) is 21.0. The van der Waals surface area contributed by atoms with Gasteiger partial charge in [0.15, 0.2) is 0 Å². The zero-order valence-corrected chi connectivity index (χ0v) is 16.2. The molecule has 1 saturated heterocycles. The molecule has 2 aromatic heterocycles. The van der Waals surface area contributed by atoms with E-state index in [4.69, 9.17) is 9.26 Å². The summed E-state index contributed by atoms with van der Waals surface area (Å²) >= 11 is 1.55. The van der Waals surface area contributed by atoms with Crippen LogP contribution in [-0.4, -0.2) is 41.1 Å². The lowest BCUT2D eigenvalue weighted by molar-refractivity contribution is 0.0709. The first-order chi connectivity index (χ1) is 13.1. The van der Waals surface area contributed by atoms with Crippen molar-refractivity contribution in [3.8, 4) is 17.1 Å². The number of carbonyl (C=O) groups excluding carboxylic acids is 1. The highest BCUT2D eigenvalue weighted by Crippen LogP contribution is 2.30. The Labute approximate surface area is 161 Å². The van der Waals surface area contributed by atoms with Crippen LogP contribution in [0, 0.1) is 6.92 Å². The Morgan fingerprint density at radius 3 is 2.56 bits per heavy atom. The van der Waals surface area contributed by atoms with Crippen molar-refractivity contribution in [2.24, 2.45) is 0 Å². The Morgan fingerprint density at radius 1 is 1.19 bits per heavy atom. The van der Waals surface area contributed by atoms with E-state index in [-0.39, 0.29) is 11.8 Å². The third-order valence-electron chi connectivity index (χ3n) is 4.87. The highest BCUT2D eigenvalue weighted by atomic mass is 32.1. The fourth-order valence-electron chi connectivity index (χ4n) is 3.29. The number of piperidine rings is 1. The van der Waals surface area contributed by atoms with Crippen LogP contribution in [0.25, 0.3) is 11.4 Å². The second-order valence-corrected chi connectivity index (χ2v) is 7.95. The van der Waals surface area contributed by atoms with E-state index in [0.29, 0.717) is 24.8 Å². The van der Waals surface area contributed by atoms with Gasteiger partial charge in [0, 0.05) is 29.4 Å². The highest BCUT2D eigenvalue weighted by Gasteiger charge is 2.28. The van der Waals surface area contributed by atoms with Crippen molar-refractivity contribution in [2.75, 3.05) is 20.2 Å². The zero-order valence-electron chi connectivity index (χ0n) is 15.3. The number of aromatic nitrogens is 2. The van der Waals surface area contributed by atoms with Gasteiger partial charge in [-0.3, -0.25) is 4.79 Å². The summed E-state index contributed by atoms with van der Waals surface area (Å²) in [5.41, 5.74) is 0.895. The van der Waals surface area contributed by atoms with E-state index in [1.165, 1.54) is 0 Å². The van der Waals surface area contributed by atoms with Crippen LogP contribution in [-0.2, 0) is 0 Å². The molecule has 0 spiro atoms. The Hall–Kier alpha value is -2.67. The molecule has 0 aliphatic carbocycles. The fourth-order valence-corrected chi connectivity index (χ4v) is 4.13. The minimum atomic E-state index is 0.121. The normalized spacial score (nSPS) is 15.1. The van der Waals surface area contributed by atoms with Crippen LogP contribution in [0.1, 0.15) is 39.2 Å². The monoisotopic (exact) mass is 383 g/mol. The number of carbonyl (C=O) groups is 1. The number of benzene rings is 1. The summed E-state index contributed by atoms with van der Waals surface area (Å²) in [6.45, 7) is 3.44. The minimum absolute atomic E-state index is 0.121. The molecule has 0 radical (unpaired) electrons. The molecule has 3 heterocycles. The predicted molar refractivity (Wildman–Crippen MR) is 103 cm³/mol. The van der Waals surface area contributed by atoms with Crippen molar-refractivity contribution in [2.45, 2.75) is 25.7 Å². The van der Waals surface area contributed by atoms with E-state index in [9.17, 15) is 4.79 Å². The number of thiophene rings is 1. The summed E-state index contributed by atoms with van der Waals surface area (Å²) in [5.74, 6) is 2.34. The van der Waals surface area contributed by atoms with E-state index in [0.717, 1.165) is 33.9 Å². The van der Waals surface area contributed by atoms with Crippen molar-refractivity contribution in [3.05, 3.63) is 52.0 Å². The van der Waals surface area contributed by atoms with E-state index in [2.05, 4.69) is 10.1 Å². The van der Waals surface area contributed by atoms with Gasteiger partial charge in [-0.05, 0) is 56.2 Å². The van der Waals surface area contributed by atoms with Gasteiger partial charge in [0.2, 0.25) is 11.7 Å². The van der Waals surface area contributed by atoms with Crippen LogP contribution in [0.4, 0.5) is 0 Å². The first-order valence-corrected chi connectivity index (χ1v) is 9.79. The molecule has 1 aliphatic rings. The number of hydrogen-bond acceptors (Lipinski definition) is 6. The van der Waals surface area contributed by atoms with Crippen LogP contribution < -0.4 is 4.74 Å². The van der Waals surface area contributed by atoms with Gasteiger partial charge in [0.1, 0.15) is 5.75 Å². The van der Waals surface area contributed by atoms with E-state index >= 15 is 0 Å². The molecule has 1 amide bonds. The molecule has 0 saturated carbocycles. The Morgan fingerprint density at radius 2 is 1.93 bits per heavy atom. The maximum atomic E-state index is 12.6. The van der Waals surface area contributed by atoms with Crippen LogP contribution in [0.5, 0.6) is 5.75 Å². The third-order valence-corrected chi connectivity index (χ3v) is 5.86. The molecule has 27 heavy (non-hydrogen) atoms. The standard InChI is InChI=1S/C20H21N3O3S/c1-13-3-8-17(27-13)20(24)23-11-9-15(10-12-23)19-21-18(22-26-19)14-4-6-16(25-2)7-5-14/h3-8,15H,9-12H2,1-2H3. The Balaban J connectivity index is 1.39. The molecule has 0 atom stereocenters. The lowest BCUT2D eigenvalue weighted by Crippen LogP contribution is -2.37. The van der Waals surface area contributed by atoms with Gasteiger partial charge in [-0.15, -0.1) is 11.3 Å². The van der Waals surface area contributed by atoms with Crippen molar-refractivity contribution in [1.82, 2.24) is 15.0 Å². The van der Waals surface area contributed by atoms with Crippen LogP contribution in [0.15, 0.2) is 40.9 Å². The number of rotatable bonds is 4. The van der Waals surface area contributed by atoms with Gasteiger partial charge in [-0.2, -0.15) is 4.98 Å². The first kappa shape index (κ1) is 17.7. The Kier molecular flexibility index (Phi) is 4.94. The fraction of sp³-hybridized carbons (Fsp3) is 0.350. The van der Waals surface area contributed by atoms with Crippen LogP contribution in [0.2, 0.25) is 0 Å². The topological polar surface area (TPSA) is 68.5 Å². The van der Waals surface area contributed by atoms with Crippen molar-refractivity contribution in [1.29, 1.82) is 0 Å². The summed E-state index contributed by atoms with van der Waals surface area (Å²) in [6, 6.07) is 11.5. The number of ether oxygens (including phenoxy) is 1. The van der Waals surface area contributed by atoms with E-state index in [1.54, 1.807) is 18.4 Å². The van der Waals surface area contributed by atoms with Crippen LogP contribution >= 0.6 is 11.3 Å².